The predicted molar refractivity (Wildman–Crippen MR) is 80.6 cm³/mol. The summed E-state index contributed by atoms with van der Waals surface area (Å²) < 4.78 is 0. The second-order valence-electron chi connectivity index (χ2n) is 7.91. The van der Waals surface area contributed by atoms with Crippen LogP contribution in [0.4, 0.5) is 0 Å². The molecule has 0 atom stereocenters. The third-order valence-corrected chi connectivity index (χ3v) is 4.30. The van der Waals surface area contributed by atoms with Crippen LogP contribution in [-0.4, -0.2) is 0 Å². The molecule has 18 heavy (non-hydrogen) atoms. The monoisotopic (exact) mass is 244 g/mol. The van der Waals surface area contributed by atoms with Crippen LogP contribution in [-0.2, 0) is 23.7 Å². The van der Waals surface area contributed by atoms with E-state index in [1.165, 1.54) is 19.3 Å². The van der Waals surface area contributed by atoms with Crippen LogP contribution >= 0.6 is 0 Å². The quantitative estimate of drug-likeness (QED) is 0.597. The van der Waals surface area contributed by atoms with Crippen molar-refractivity contribution < 1.29 is 0 Å². The average molecular weight is 244 g/mol. The largest absolute Gasteiger partial charge is 0.0561 e. The van der Waals surface area contributed by atoms with Crippen LogP contribution in [0, 0.1) is 6.92 Å². The lowest BCUT2D eigenvalue weighted by atomic mass is 9.75. The van der Waals surface area contributed by atoms with Gasteiger partial charge in [0.2, 0.25) is 0 Å². The summed E-state index contributed by atoms with van der Waals surface area (Å²) in [6, 6.07) is 2.50. The van der Waals surface area contributed by atoms with Gasteiger partial charge in [0.05, 0.1) is 0 Å². The van der Waals surface area contributed by atoms with Gasteiger partial charge in [0.15, 0.2) is 0 Å². The topological polar surface area (TPSA) is 0 Å². The van der Waals surface area contributed by atoms with Crippen LogP contribution in [0.2, 0.25) is 0 Å². The second kappa shape index (κ2) is 4.11. The number of hydrogen-bond donors (Lipinski definition) is 0. The van der Waals surface area contributed by atoms with Gasteiger partial charge in [-0.25, -0.2) is 0 Å². The highest BCUT2D eigenvalue weighted by atomic mass is 14.3. The Kier molecular flexibility index (Phi) is 3.12. The van der Waals surface area contributed by atoms with Crippen LogP contribution in [0.15, 0.2) is 6.07 Å². The molecular formula is C18H28. The fraction of sp³-hybridized carbons (Fsp3) is 0.667. The minimum absolute atomic E-state index is 0.252. The Morgan fingerprint density at radius 1 is 0.778 bits per heavy atom. The fourth-order valence-electron chi connectivity index (χ4n) is 3.41. The van der Waals surface area contributed by atoms with Crippen molar-refractivity contribution >= 4 is 0 Å². The molecule has 1 aliphatic carbocycles. The van der Waals surface area contributed by atoms with Crippen molar-refractivity contribution in [2.75, 3.05) is 0 Å². The van der Waals surface area contributed by atoms with Crippen molar-refractivity contribution in [2.45, 2.75) is 78.6 Å². The molecule has 0 bridgehead atoms. The van der Waals surface area contributed by atoms with Crippen LogP contribution in [0.25, 0.3) is 0 Å². The lowest BCUT2D eigenvalue weighted by Crippen LogP contribution is -2.20. The molecule has 0 heterocycles. The van der Waals surface area contributed by atoms with Crippen molar-refractivity contribution in [2.24, 2.45) is 0 Å². The molecule has 0 aromatic heterocycles. The van der Waals surface area contributed by atoms with Gasteiger partial charge < -0.3 is 0 Å². The maximum absolute atomic E-state index is 2.50. The van der Waals surface area contributed by atoms with Crippen molar-refractivity contribution in [3.8, 4) is 0 Å². The van der Waals surface area contributed by atoms with Crippen LogP contribution in [0.5, 0.6) is 0 Å². The summed E-state index contributed by atoms with van der Waals surface area (Å²) in [6.45, 7) is 16.4. The standard InChI is InChI=1S/C18H28/c1-12-13-9-8-10-14(13)16(18(5,6)7)11-15(12)17(2,3)4/h11H,8-10H2,1-7H3. The van der Waals surface area contributed by atoms with Gasteiger partial charge in [-0.1, -0.05) is 47.6 Å². The number of fused-ring (bicyclic) bond motifs is 1. The summed E-state index contributed by atoms with van der Waals surface area (Å²) in [5, 5.41) is 0. The molecule has 1 aromatic rings. The van der Waals surface area contributed by atoms with Crippen molar-refractivity contribution in [1.82, 2.24) is 0 Å². The van der Waals surface area contributed by atoms with Gasteiger partial charge in [-0.3, -0.25) is 0 Å². The molecule has 0 spiro atoms. The Hall–Kier alpha value is -0.780. The van der Waals surface area contributed by atoms with Crippen molar-refractivity contribution in [3.05, 3.63) is 33.9 Å². The molecule has 0 unspecified atom stereocenters. The first-order valence-corrected chi connectivity index (χ1v) is 7.28. The van der Waals surface area contributed by atoms with Crippen molar-refractivity contribution in [3.63, 3.8) is 0 Å². The zero-order valence-corrected chi connectivity index (χ0v) is 13.2. The summed E-state index contributed by atoms with van der Waals surface area (Å²) in [5.74, 6) is 0. The molecule has 0 saturated carbocycles. The summed E-state index contributed by atoms with van der Waals surface area (Å²) in [6.07, 6.45) is 3.91. The van der Waals surface area contributed by atoms with E-state index in [1.807, 2.05) is 0 Å². The van der Waals surface area contributed by atoms with Gasteiger partial charge in [-0.15, -0.1) is 0 Å². The van der Waals surface area contributed by atoms with Gasteiger partial charge in [-0.05, 0) is 64.8 Å². The molecular weight excluding hydrogens is 216 g/mol. The number of benzene rings is 1. The van der Waals surface area contributed by atoms with E-state index >= 15 is 0 Å². The smallest absolute Gasteiger partial charge is 0.0129 e. The molecule has 0 radical (unpaired) electrons. The maximum atomic E-state index is 2.50. The first-order chi connectivity index (χ1) is 8.12. The van der Waals surface area contributed by atoms with E-state index in [-0.39, 0.29) is 10.8 Å². The highest BCUT2D eigenvalue weighted by molar-refractivity contribution is 5.52. The first kappa shape index (κ1) is 13.6. The summed E-state index contributed by atoms with van der Waals surface area (Å²) in [4.78, 5) is 0. The third-order valence-electron chi connectivity index (χ3n) is 4.30. The molecule has 0 heteroatoms. The van der Waals surface area contributed by atoms with Gasteiger partial charge in [0.25, 0.3) is 0 Å². The molecule has 100 valence electrons. The predicted octanol–water partition coefficient (Wildman–Crippen LogP) is 5.08. The third kappa shape index (κ3) is 2.22. The molecule has 0 aliphatic heterocycles. The second-order valence-corrected chi connectivity index (χ2v) is 7.91. The number of hydrogen-bond acceptors (Lipinski definition) is 0. The van der Waals surface area contributed by atoms with Crippen LogP contribution in [0.3, 0.4) is 0 Å². The molecule has 0 nitrogen and oxygen atoms in total. The molecule has 2 rings (SSSR count). The minimum Gasteiger partial charge on any atom is -0.0561 e. The lowest BCUT2D eigenvalue weighted by Gasteiger charge is -2.30. The molecule has 0 amide bonds. The van der Waals surface area contributed by atoms with E-state index < -0.39 is 0 Å². The van der Waals surface area contributed by atoms with E-state index in [9.17, 15) is 0 Å². The Bertz CT molecular complexity index is 464. The lowest BCUT2D eigenvalue weighted by molar-refractivity contribution is 0.561. The van der Waals surface area contributed by atoms with Crippen molar-refractivity contribution in [1.29, 1.82) is 0 Å². The van der Waals surface area contributed by atoms with E-state index in [0.717, 1.165) is 0 Å². The first-order valence-electron chi connectivity index (χ1n) is 7.28. The van der Waals surface area contributed by atoms with Gasteiger partial charge >= 0.3 is 0 Å². The SMILES string of the molecule is Cc1c(C(C)(C)C)cc(C(C)(C)C)c2c1CCC2. The number of rotatable bonds is 0. The molecule has 1 aromatic carbocycles. The Morgan fingerprint density at radius 3 is 1.78 bits per heavy atom. The van der Waals surface area contributed by atoms with E-state index in [1.54, 1.807) is 27.8 Å². The molecule has 1 aliphatic rings. The molecule has 0 saturated heterocycles. The summed E-state index contributed by atoms with van der Waals surface area (Å²) >= 11 is 0. The van der Waals surface area contributed by atoms with Gasteiger partial charge in [0, 0.05) is 0 Å². The minimum atomic E-state index is 0.252. The summed E-state index contributed by atoms with van der Waals surface area (Å²) in [5.41, 5.74) is 8.53. The maximum Gasteiger partial charge on any atom is -0.0129 e. The summed E-state index contributed by atoms with van der Waals surface area (Å²) in [7, 11) is 0. The zero-order chi connectivity index (χ0) is 13.7. The van der Waals surface area contributed by atoms with Gasteiger partial charge in [0.1, 0.15) is 0 Å². The Morgan fingerprint density at radius 2 is 1.28 bits per heavy atom. The Labute approximate surface area is 113 Å². The highest BCUT2D eigenvalue weighted by Crippen LogP contribution is 2.40. The van der Waals surface area contributed by atoms with Crippen LogP contribution < -0.4 is 0 Å². The normalized spacial score (nSPS) is 15.9. The van der Waals surface area contributed by atoms with Crippen LogP contribution in [0.1, 0.15) is 75.8 Å². The Balaban J connectivity index is 2.73. The zero-order valence-electron chi connectivity index (χ0n) is 13.2. The van der Waals surface area contributed by atoms with E-state index in [4.69, 9.17) is 0 Å². The molecule has 0 fully saturated rings. The van der Waals surface area contributed by atoms with E-state index in [0.29, 0.717) is 0 Å². The highest BCUT2D eigenvalue weighted by Gasteiger charge is 2.28. The van der Waals surface area contributed by atoms with Gasteiger partial charge in [-0.2, -0.15) is 0 Å². The van der Waals surface area contributed by atoms with E-state index in [2.05, 4.69) is 54.5 Å². The molecule has 0 N–H and O–H groups in total. The fourth-order valence-corrected chi connectivity index (χ4v) is 3.41. The average Bonchev–Trinajstić information content (AvgIpc) is 2.62.